The number of hydrogen-bond acceptors (Lipinski definition) is 4. The van der Waals surface area contributed by atoms with Gasteiger partial charge in [-0.05, 0) is 32.2 Å². The van der Waals surface area contributed by atoms with Crippen LogP contribution in [0.25, 0.3) is 0 Å². The van der Waals surface area contributed by atoms with Crippen molar-refractivity contribution in [2.45, 2.75) is 59.6 Å². The molecule has 2 atom stereocenters. The van der Waals surface area contributed by atoms with Gasteiger partial charge in [-0.25, -0.2) is 9.67 Å². The van der Waals surface area contributed by atoms with Crippen molar-refractivity contribution in [3.8, 4) is 0 Å². The molecule has 5 nitrogen and oxygen atoms in total. The van der Waals surface area contributed by atoms with Crippen molar-refractivity contribution in [2.24, 2.45) is 11.3 Å². The Morgan fingerprint density at radius 1 is 1.52 bits per heavy atom. The Kier molecular flexibility index (Phi) is 5.76. The Morgan fingerprint density at radius 3 is 2.95 bits per heavy atom. The summed E-state index contributed by atoms with van der Waals surface area (Å²) < 4.78 is 7.94. The van der Waals surface area contributed by atoms with E-state index in [1.807, 2.05) is 0 Å². The zero-order valence-electron chi connectivity index (χ0n) is 13.9. The molecule has 1 fully saturated rings. The highest BCUT2D eigenvalue weighted by atomic mass is 16.5. The Morgan fingerprint density at radius 2 is 2.33 bits per heavy atom. The number of ether oxygens (including phenoxy) is 1. The number of nitrogens with one attached hydrogen (secondary N) is 1. The van der Waals surface area contributed by atoms with E-state index in [4.69, 9.17) is 4.74 Å². The standard InChI is InChI=1S/C16H30N4O/c1-5-7-17-11-16(6-8-21-14(16)4)9-15-18-12-19-20(15)10-13(2)3/h12-14,17H,5-11H2,1-4H3. The van der Waals surface area contributed by atoms with E-state index in [2.05, 4.69) is 47.8 Å². The summed E-state index contributed by atoms with van der Waals surface area (Å²) in [6.07, 6.45) is 5.16. The van der Waals surface area contributed by atoms with Crippen LogP contribution in [0.4, 0.5) is 0 Å². The van der Waals surface area contributed by atoms with Gasteiger partial charge in [0.05, 0.1) is 6.10 Å². The number of rotatable bonds is 8. The Hall–Kier alpha value is -0.940. The van der Waals surface area contributed by atoms with Crippen molar-refractivity contribution < 1.29 is 4.74 Å². The van der Waals surface area contributed by atoms with Crippen molar-refractivity contribution in [3.63, 3.8) is 0 Å². The number of aromatic nitrogens is 3. The van der Waals surface area contributed by atoms with E-state index in [-0.39, 0.29) is 11.5 Å². The summed E-state index contributed by atoms with van der Waals surface area (Å²) in [5.74, 6) is 1.68. The highest BCUT2D eigenvalue weighted by Gasteiger charge is 2.42. The Bertz CT molecular complexity index is 432. The maximum atomic E-state index is 5.87. The molecule has 21 heavy (non-hydrogen) atoms. The van der Waals surface area contributed by atoms with Crippen LogP contribution in [0.15, 0.2) is 6.33 Å². The maximum absolute atomic E-state index is 5.87. The second kappa shape index (κ2) is 7.36. The molecule has 1 aromatic rings. The summed E-state index contributed by atoms with van der Waals surface area (Å²) in [5, 5.41) is 7.98. The normalized spacial score (nSPS) is 25.9. The SMILES string of the molecule is CCCNCC1(Cc2ncnn2CC(C)C)CCOC1C. The van der Waals surface area contributed by atoms with Crippen LogP contribution in [-0.2, 0) is 17.7 Å². The third kappa shape index (κ3) is 4.04. The van der Waals surface area contributed by atoms with Crippen molar-refractivity contribution >= 4 is 0 Å². The van der Waals surface area contributed by atoms with E-state index < -0.39 is 0 Å². The molecular formula is C16H30N4O. The van der Waals surface area contributed by atoms with Crippen LogP contribution >= 0.6 is 0 Å². The van der Waals surface area contributed by atoms with Gasteiger partial charge in [0, 0.05) is 31.5 Å². The number of hydrogen-bond donors (Lipinski definition) is 1. The lowest BCUT2D eigenvalue weighted by molar-refractivity contribution is 0.0614. The van der Waals surface area contributed by atoms with Crippen LogP contribution < -0.4 is 5.32 Å². The fourth-order valence-corrected chi connectivity index (χ4v) is 3.10. The molecule has 0 bridgehead atoms. The lowest BCUT2D eigenvalue weighted by Crippen LogP contribution is -2.42. The smallest absolute Gasteiger partial charge is 0.138 e. The van der Waals surface area contributed by atoms with Gasteiger partial charge in [0.2, 0.25) is 0 Å². The molecule has 0 aliphatic carbocycles. The van der Waals surface area contributed by atoms with Crippen molar-refractivity contribution in [1.82, 2.24) is 20.1 Å². The number of nitrogens with zero attached hydrogens (tertiary/aromatic N) is 3. The fraction of sp³-hybridized carbons (Fsp3) is 0.875. The predicted octanol–water partition coefficient (Wildman–Crippen LogP) is 2.27. The van der Waals surface area contributed by atoms with Crippen LogP contribution in [0.5, 0.6) is 0 Å². The molecule has 2 rings (SSSR count). The molecule has 1 N–H and O–H groups in total. The molecule has 2 heterocycles. The van der Waals surface area contributed by atoms with E-state index in [0.29, 0.717) is 5.92 Å². The molecule has 0 aromatic carbocycles. The molecular weight excluding hydrogens is 264 g/mol. The monoisotopic (exact) mass is 294 g/mol. The van der Waals surface area contributed by atoms with E-state index in [1.54, 1.807) is 6.33 Å². The van der Waals surface area contributed by atoms with Gasteiger partial charge in [-0.2, -0.15) is 5.10 Å². The van der Waals surface area contributed by atoms with Gasteiger partial charge >= 0.3 is 0 Å². The molecule has 1 saturated heterocycles. The first-order valence-corrected chi connectivity index (χ1v) is 8.26. The highest BCUT2D eigenvalue weighted by molar-refractivity contribution is 5.00. The zero-order chi connectivity index (χ0) is 15.3. The van der Waals surface area contributed by atoms with Gasteiger partial charge in [-0.15, -0.1) is 0 Å². The second-order valence-corrected chi connectivity index (χ2v) is 6.73. The Labute approximate surface area is 128 Å². The van der Waals surface area contributed by atoms with Crippen molar-refractivity contribution in [1.29, 1.82) is 0 Å². The van der Waals surface area contributed by atoms with E-state index in [9.17, 15) is 0 Å². The lowest BCUT2D eigenvalue weighted by Gasteiger charge is -2.32. The van der Waals surface area contributed by atoms with Crippen LogP contribution in [0.1, 0.15) is 46.4 Å². The first kappa shape index (κ1) is 16.4. The summed E-state index contributed by atoms with van der Waals surface area (Å²) >= 11 is 0. The maximum Gasteiger partial charge on any atom is 0.138 e. The van der Waals surface area contributed by atoms with E-state index in [1.165, 1.54) is 0 Å². The van der Waals surface area contributed by atoms with Crippen LogP contribution in [0.3, 0.4) is 0 Å². The van der Waals surface area contributed by atoms with Gasteiger partial charge in [0.1, 0.15) is 12.2 Å². The zero-order valence-corrected chi connectivity index (χ0v) is 13.9. The molecule has 0 spiro atoms. The minimum Gasteiger partial charge on any atom is -0.378 e. The third-order valence-corrected chi connectivity index (χ3v) is 4.48. The molecule has 0 saturated carbocycles. The van der Waals surface area contributed by atoms with Gasteiger partial charge in [-0.3, -0.25) is 0 Å². The largest absolute Gasteiger partial charge is 0.378 e. The average Bonchev–Trinajstić information content (AvgIpc) is 2.99. The predicted molar refractivity (Wildman–Crippen MR) is 84.2 cm³/mol. The molecule has 5 heteroatoms. The summed E-state index contributed by atoms with van der Waals surface area (Å²) in [4.78, 5) is 4.51. The van der Waals surface area contributed by atoms with Gasteiger partial charge in [-0.1, -0.05) is 20.8 Å². The highest BCUT2D eigenvalue weighted by Crippen LogP contribution is 2.37. The molecule has 0 radical (unpaired) electrons. The fourth-order valence-electron chi connectivity index (χ4n) is 3.10. The first-order chi connectivity index (χ1) is 10.1. The van der Waals surface area contributed by atoms with E-state index in [0.717, 1.165) is 51.3 Å². The minimum absolute atomic E-state index is 0.150. The molecule has 1 aromatic heterocycles. The van der Waals surface area contributed by atoms with Crippen molar-refractivity contribution in [3.05, 3.63) is 12.2 Å². The van der Waals surface area contributed by atoms with Crippen LogP contribution in [0, 0.1) is 11.3 Å². The molecule has 1 aliphatic rings. The second-order valence-electron chi connectivity index (χ2n) is 6.73. The summed E-state index contributed by atoms with van der Waals surface area (Å²) in [5.41, 5.74) is 0.150. The van der Waals surface area contributed by atoms with Gasteiger partial charge < -0.3 is 10.1 Å². The third-order valence-electron chi connectivity index (χ3n) is 4.48. The minimum atomic E-state index is 0.150. The summed E-state index contributed by atoms with van der Waals surface area (Å²) in [7, 11) is 0. The molecule has 1 aliphatic heterocycles. The quantitative estimate of drug-likeness (QED) is 0.747. The molecule has 2 unspecified atom stereocenters. The van der Waals surface area contributed by atoms with Crippen LogP contribution in [-0.4, -0.2) is 40.6 Å². The topological polar surface area (TPSA) is 52.0 Å². The summed E-state index contributed by atoms with van der Waals surface area (Å²) in [6.45, 7) is 12.7. The molecule has 120 valence electrons. The van der Waals surface area contributed by atoms with Gasteiger partial charge in [0.25, 0.3) is 0 Å². The Balaban J connectivity index is 2.10. The average molecular weight is 294 g/mol. The van der Waals surface area contributed by atoms with Crippen LogP contribution in [0.2, 0.25) is 0 Å². The van der Waals surface area contributed by atoms with Crippen molar-refractivity contribution in [2.75, 3.05) is 19.7 Å². The lowest BCUT2D eigenvalue weighted by atomic mass is 9.78. The van der Waals surface area contributed by atoms with E-state index >= 15 is 0 Å². The van der Waals surface area contributed by atoms with Gasteiger partial charge in [0.15, 0.2) is 0 Å². The first-order valence-electron chi connectivity index (χ1n) is 8.26. The molecule has 0 amide bonds. The summed E-state index contributed by atoms with van der Waals surface area (Å²) in [6, 6.07) is 0.